The van der Waals surface area contributed by atoms with Crippen molar-refractivity contribution in [2.75, 3.05) is 0 Å². The summed E-state index contributed by atoms with van der Waals surface area (Å²) in [5.74, 6) is 0.144. The van der Waals surface area contributed by atoms with Gasteiger partial charge in [-0.3, -0.25) is 9.36 Å². The van der Waals surface area contributed by atoms with E-state index in [1.54, 1.807) is 28.8 Å². The number of thiazole rings is 1. The fraction of sp³-hybridized carbons (Fsp3) is 0.111. The molecule has 1 aromatic heterocycles. The van der Waals surface area contributed by atoms with E-state index in [2.05, 4.69) is 18.2 Å². The smallest absolute Gasteiger partial charge is 0.271 e. The van der Waals surface area contributed by atoms with Crippen molar-refractivity contribution in [1.29, 1.82) is 0 Å². The van der Waals surface area contributed by atoms with Gasteiger partial charge in [-0.15, -0.1) is 0 Å². The molecule has 2 aliphatic rings. The van der Waals surface area contributed by atoms with Gasteiger partial charge in [0.2, 0.25) is 0 Å². The summed E-state index contributed by atoms with van der Waals surface area (Å²) in [6, 6.07) is 22.9. The van der Waals surface area contributed by atoms with Crippen molar-refractivity contribution in [3.8, 4) is 5.75 Å². The molecule has 1 atom stereocenters. The number of aromatic hydroxyl groups is 1. The summed E-state index contributed by atoms with van der Waals surface area (Å²) in [6.45, 7) is 0. The molecule has 1 N–H and O–H groups in total. The number of aromatic nitrogens is 1. The van der Waals surface area contributed by atoms with E-state index >= 15 is 0 Å². The molecule has 4 nitrogen and oxygen atoms in total. The van der Waals surface area contributed by atoms with Crippen LogP contribution in [0.25, 0.3) is 11.8 Å². The Morgan fingerprint density at radius 1 is 1.00 bits per heavy atom. The second-order valence-corrected chi connectivity index (χ2v) is 9.67. The van der Waals surface area contributed by atoms with Crippen molar-refractivity contribution >= 4 is 34.7 Å². The van der Waals surface area contributed by atoms with E-state index < -0.39 is 0 Å². The Balaban J connectivity index is 1.64. The second-order valence-electron chi connectivity index (χ2n) is 8.22. The van der Waals surface area contributed by atoms with Crippen LogP contribution in [0.3, 0.4) is 0 Å². The quantitative estimate of drug-likeness (QED) is 0.462. The number of nitrogens with zero attached hydrogens (tertiary/aromatic N) is 2. The molecular formula is C27H19ClN2O2S. The van der Waals surface area contributed by atoms with Gasteiger partial charge in [0, 0.05) is 16.1 Å². The number of hydrogen-bond donors (Lipinski definition) is 1. The third-order valence-corrected chi connectivity index (χ3v) is 7.52. The van der Waals surface area contributed by atoms with E-state index in [9.17, 15) is 9.90 Å². The van der Waals surface area contributed by atoms with Crippen LogP contribution < -0.4 is 14.9 Å². The minimum Gasteiger partial charge on any atom is -0.507 e. The summed E-state index contributed by atoms with van der Waals surface area (Å²) in [6.07, 6.45) is 3.50. The Morgan fingerprint density at radius 3 is 2.58 bits per heavy atom. The maximum atomic E-state index is 13.7. The number of benzene rings is 3. The predicted octanol–water partition coefficient (Wildman–Crippen LogP) is 4.68. The van der Waals surface area contributed by atoms with Gasteiger partial charge in [0.25, 0.3) is 5.56 Å². The lowest BCUT2D eigenvalue weighted by Crippen LogP contribution is -2.38. The van der Waals surface area contributed by atoms with Crippen LogP contribution in [0, 0.1) is 0 Å². The van der Waals surface area contributed by atoms with Crippen LogP contribution in [0.2, 0.25) is 5.02 Å². The average molecular weight is 471 g/mol. The van der Waals surface area contributed by atoms with E-state index in [4.69, 9.17) is 16.6 Å². The van der Waals surface area contributed by atoms with E-state index in [0.717, 1.165) is 35.2 Å². The monoisotopic (exact) mass is 470 g/mol. The summed E-state index contributed by atoms with van der Waals surface area (Å²) in [5.41, 5.74) is 6.05. The fourth-order valence-electron chi connectivity index (χ4n) is 4.72. The minimum absolute atomic E-state index is 0.104. The molecule has 1 aliphatic carbocycles. The first-order valence-electron chi connectivity index (χ1n) is 10.8. The molecule has 6 rings (SSSR count). The standard InChI is InChI=1S/C27H19ClN2O2S/c28-19-12-9-17(10-13-19)25-21-14-11-16-5-1-3-7-20(16)24(21)29-27-30(25)26(32)23(33-27)15-18-6-2-4-8-22(18)31/h1-10,12-13,15,25,31H,11,14H2/b23-15+. The van der Waals surface area contributed by atoms with Gasteiger partial charge in [-0.1, -0.05) is 77.5 Å². The highest BCUT2D eigenvalue weighted by molar-refractivity contribution is 7.07. The number of allylic oxidation sites excluding steroid dienone is 1. The van der Waals surface area contributed by atoms with Crippen LogP contribution in [0.5, 0.6) is 5.75 Å². The first-order valence-corrected chi connectivity index (χ1v) is 12.0. The minimum atomic E-state index is -0.242. The third-order valence-electron chi connectivity index (χ3n) is 6.28. The van der Waals surface area contributed by atoms with Gasteiger partial charge in [-0.05, 0) is 53.8 Å². The van der Waals surface area contributed by atoms with Crippen LogP contribution in [0.4, 0.5) is 0 Å². The Labute approximate surface area is 199 Å². The lowest BCUT2D eigenvalue weighted by atomic mass is 9.83. The lowest BCUT2D eigenvalue weighted by molar-refractivity contribution is 0.474. The van der Waals surface area contributed by atoms with Crippen molar-refractivity contribution in [2.24, 2.45) is 4.99 Å². The SMILES string of the molecule is O=c1/c(=C\c2ccccc2O)sc2n1C(c1ccc(Cl)cc1)C1=C(N=2)c2ccccc2CC1. The summed E-state index contributed by atoms with van der Waals surface area (Å²) >= 11 is 7.52. The van der Waals surface area contributed by atoms with E-state index in [-0.39, 0.29) is 17.4 Å². The molecule has 6 heteroatoms. The normalized spacial score (nSPS) is 17.2. The predicted molar refractivity (Wildman–Crippen MR) is 132 cm³/mol. The Kier molecular flexibility index (Phi) is 4.82. The number of rotatable bonds is 2. The highest BCUT2D eigenvalue weighted by atomic mass is 35.5. The second kappa shape index (κ2) is 7.87. The number of para-hydroxylation sites is 1. The highest BCUT2D eigenvalue weighted by Gasteiger charge is 2.32. The van der Waals surface area contributed by atoms with Gasteiger partial charge in [0.1, 0.15) is 5.75 Å². The van der Waals surface area contributed by atoms with Gasteiger partial charge in [0.15, 0.2) is 4.80 Å². The molecule has 4 aromatic rings. The number of fused-ring (bicyclic) bond motifs is 3. The summed E-state index contributed by atoms with van der Waals surface area (Å²) in [5, 5.41) is 10.9. The molecule has 0 saturated carbocycles. The summed E-state index contributed by atoms with van der Waals surface area (Å²) < 4.78 is 2.34. The number of halogens is 1. The number of phenolic OH excluding ortho intramolecular Hbond substituents is 1. The zero-order valence-corrected chi connectivity index (χ0v) is 19.1. The van der Waals surface area contributed by atoms with Crippen molar-refractivity contribution < 1.29 is 5.11 Å². The summed E-state index contributed by atoms with van der Waals surface area (Å²) in [4.78, 5) is 19.3. The largest absolute Gasteiger partial charge is 0.507 e. The molecule has 3 aromatic carbocycles. The molecule has 0 saturated heterocycles. The van der Waals surface area contributed by atoms with Crippen LogP contribution in [-0.4, -0.2) is 9.67 Å². The van der Waals surface area contributed by atoms with Crippen molar-refractivity contribution in [1.82, 2.24) is 4.57 Å². The van der Waals surface area contributed by atoms with Gasteiger partial charge in [0.05, 0.1) is 16.3 Å². The first kappa shape index (κ1) is 20.2. The topological polar surface area (TPSA) is 54.6 Å². The third kappa shape index (κ3) is 3.36. The van der Waals surface area contributed by atoms with E-state index in [0.29, 0.717) is 19.9 Å². The zero-order valence-electron chi connectivity index (χ0n) is 17.5. The van der Waals surface area contributed by atoms with Gasteiger partial charge >= 0.3 is 0 Å². The molecule has 1 aliphatic heterocycles. The van der Waals surface area contributed by atoms with Gasteiger partial charge in [-0.2, -0.15) is 0 Å². The van der Waals surface area contributed by atoms with Gasteiger partial charge < -0.3 is 5.11 Å². The van der Waals surface area contributed by atoms with Crippen molar-refractivity contribution in [2.45, 2.75) is 18.9 Å². The van der Waals surface area contributed by atoms with Crippen molar-refractivity contribution in [3.63, 3.8) is 0 Å². The van der Waals surface area contributed by atoms with Crippen LogP contribution in [-0.2, 0) is 6.42 Å². The Hall–Kier alpha value is -3.41. The molecule has 0 bridgehead atoms. The lowest BCUT2D eigenvalue weighted by Gasteiger charge is -2.30. The van der Waals surface area contributed by atoms with Crippen LogP contribution in [0.15, 0.2) is 88.2 Å². The molecule has 0 radical (unpaired) electrons. The maximum Gasteiger partial charge on any atom is 0.271 e. The molecule has 0 fully saturated rings. The Bertz CT molecular complexity index is 1610. The average Bonchev–Trinajstić information content (AvgIpc) is 3.14. The van der Waals surface area contributed by atoms with E-state index in [1.165, 1.54) is 16.9 Å². The fourth-order valence-corrected chi connectivity index (χ4v) is 5.84. The maximum absolute atomic E-state index is 13.7. The molecule has 0 spiro atoms. The molecule has 162 valence electrons. The molecular weight excluding hydrogens is 452 g/mol. The molecule has 33 heavy (non-hydrogen) atoms. The molecule has 1 unspecified atom stereocenters. The molecule has 2 heterocycles. The summed E-state index contributed by atoms with van der Waals surface area (Å²) in [7, 11) is 0. The van der Waals surface area contributed by atoms with Crippen LogP contribution in [0.1, 0.15) is 34.7 Å². The number of hydrogen-bond acceptors (Lipinski definition) is 4. The first-order chi connectivity index (χ1) is 16.1. The van der Waals surface area contributed by atoms with Crippen molar-refractivity contribution in [3.05, 3.63) is 125 Å². The highest BCUT2D eigenvalue weighted by Crippen LogP contribution is 2.41. The molecule has 0 amide bonds. The number of aryl methyl sites for hydroxylation is 1. The number of phenols is 1. The van der Waals surface area contributed by atoms with E-state index in [1.807, 2.05) is 36.4 Å². The van der Waals surface area contributed by atoms with Crippen LogP contribution >= 0.6 is 22.9 Å². The zero-order chi connectivity index (χ0) is 22.5. The van der Waals surface area contributed by atoms with Gasteiger partial charge in [-0.25, -0.2) is 4.99 Å². The Morgan fingerprint density at radius 2 is 1.76 bits per heavy atom.